The van der Waals surface area contributed by atoms with Gasteiger partial charge in [-0.1, -0.05) is 25.1 Å². The van der Waals surface area contributed by atoms with Gasteiger partial charge in [-0.3, -0.25) is 9.69 Å². The van der Waals surface area contributed by atoms with Crippen molar-refractivity contribution in [3.8, 4) is 11.5 Å². The number of carbonyl (C=O) groups is 1. The first-order valence-corrected chi connectivity index (χ1v) is 10.7. The van der Waals surface area contributed by atoms with Crippen LogP contribution >= 0.6 is 12.2 Å². The number of hydrogen-bond acceptors (Lipinski definition) is 5. The molecule has 1 heterocycles. The monoisotopic (exact) mass is 440 g/mol. The molecule has 0 atom stereocenters. The number of amides is 1. The molecule has 0 unspecified atom stereocenters. The molecule has 0 bridgehead atoms. The summed E-state index contributed by atoms with van der Waals surface area (Å²) in [7, 11) is 3.27. The molecule has 1 aliphatic rings. The number of ether oxygens (including phenoxy) is 3. The third-order valence-electron chi connectivity index (χ3n) is 5.03. The Morgan fingerprint density at radius 2 is 1.90 bits per heavy atom. The van der Waals surface area contributed by atoms with Crippen LogP contribution in [0.25, 0.3) is 6.08 Å². The highest BCUT2D eigenvalue weighted by molar-refractivity contribution is 7.80. The fraction of sp³-hybridized carbons (Fsp3) is 0.333. The zero-order valence-corrected chi connectivity index (χ0v) is 19.0. The van der Waals surface area contributed by atoms with Gasteiger partial charge in [-0.2, -0.15) is 0 Å². The lowest BCUT2D eigenvalue weighted by Gasteiger charge is -2.13. The minimum Gasteiger partial charge on any atom is -0.496 e. The van der Waals surface area contributed by atoms with E-state index >= 15 is 0 Å². The van der Waals surface area contributed by atoms with Crippen LogP contribution in [0, 0.1) is 0 Å². The molecule has 2 aromatic rings. The van der Waals surface area contributed by atoms with E-state index in [0.29, 0.717) is 30.6 Å². The van der Waals surface area contributed by atoms with Gasteiger partial charge in [0, 0.05) is 25.8 Å². The highest BCUT2D eigenvalue weighted by atomic mass is 32.1. The zero-order chi connectivity index (χ0) is 22.2. The molecular formula is C24H28N2O4S. The lowest BCUT2D eigenvalue weighted by atomic mass is 10.1. The number of carbonyl (C=O) groups excluding carboxylic acids is 1. The summed E-state index contributed by atoms with van der Waals surface area (Å²) in [5, 5.41) is 3.43. The molecule has 1 fully saturated rings. The molecule has 31 heavy (non-hydrogen) atoms. The molecule has 1 N–H and O–H groups in total. The maximum Gasteiger partial charge on any atom is 0.276 e. The summed E-state index contributed by atoms with van der Waals surface area (Å²) in [6, 6.07) is 13.8. The summed E-state index contributed by atoms with van der Waals surface area (Å²) in [6.45, 7) is 3.58. The van der Waals surface area contributed by atoms with E-state index in [-0.39, 0.29) is 5.91 Å². The van der Waals surface area contributed by atoms with Gasteiger partial charge in [-0.15, -0.1) is 0 Å². The molecule has 0 aliphatic carbocycles. The quantitative estimate of drug-likeness (QED) is 0.343. The van der Waals surface area contributed by atoms with E-state index in [1.54, 1.807) is 25.2 Å². The third kappa shape index (κ3) is 5.83. The summed E-state index contributed by atoms with van der Waals surface area (Å²) in [4.78, 5) is 14.3. The van der Waals surface area contributed by atoms with E-state index in [2.05, 4.69) is 24.4 Å². The predicted molar refractivity (Wildman–Crippen MR) is 125 cm³/mol. The molecule has 1 aliphatic heterocycles. The van der Waals surface area contributed by atoms with Crippen LogP contribution in [0.3, 0.4) is 0 Å². The number of nitrogens with one attached hydrogen (secondary N) is 1. The fourth-order valence-corrected chi connectivity index (χ4v) is 3.58. The number of rotatable bonds is 10. The van der Waals surface area contributed by atoms with Gasteiger partial charge in [0.25, 0.3) is 5.91 Å². The second kappa shape index (κ2) is 10.9. The minimum atomic E-state index is -0.134. The molecular weight excluding hydrogens is 412 g/mol. The Balaban J connectivity index is 1.73. The molecule has 1 amide bonds. The predicted octanol–water partition coefficient (Wildman–Crippen LogP) is 3.93. The summed E-state index contributed by atoms with van der Waals surface area (Å²) >= 11 is 5.31. The van der Waals surface area contributed by atoms with Crippen molar-refractivity contribution in [3.05, 3.63) is 64.9 Å². The molecule has 0 saturated carbocycles. The Morgan fingerprint density at radius 3 is 2.58 bits per heavy atom. The van der Waals surface area contributed by atoms with Crippen LogP contribution in [0.2, 0.25) is 0 Å². The average molecular weight is 441 g/mol. The van der Waals surface area contributed by atoms with Gasteiger partial charge in [-0.25, -0.2) is 0 Å². The van der Waals surface area contributed by atoms with Crippen LogP contribution in [-0.2, 0) is 22.6 Å². The first-order chi connectivity index (χ1) is 15.0. The van der Waals surface area contributed by atoms with Crippen molar-refractivity contribution in [2.45, 2.75) is 26.4 Å². The number of methoxy groups -OCH3 is 2. The average Bonchev–Trinajstić information content (AvgIpc) is 3.05. The van der Waals surface area contributed by atoms with Crippen molar-refractivity contribution in [1.82, 2.24) is 10.2 Å². The number of aryl methyl sites for hydroxylation is 1. The van der Waals surface area contributed by atoms with Gasteiger partial charge in [0.2, 0.25) is 0 Å². The van der Waals surface area contributed by atoms with Crippen LogP contribution in [0.1, 0.15) is 30.0 Å². The van der Waals surface area contributed by atoms with E-state index in [1.165, 1.54) is 5.56 Å². The fourth-order valence-electron chi connectivity index (χ4n) is 3.29. The first-order valence-electron chi connectivity index (χ1n) is 10.3. The molecule has 7 heteroatoms. The molecule has 3 rings (SSSR count). The first kappa shape index (κ1) is 22.8. The number of nitrogens with zero attached hydrogens (tertiary/aromatic N) is 1. The Labute approximate surface area is 188 Å². The van der Waals surface area contributed by atoms with Gasteiger partial charge < -0.3 is 19.5 Å². The lowest BCUT2D eigenvalue weighted by Crippen LogP contribution is -2.32. The summed E-state index contributed by atoms with van der Waals surface area (Å²) in [5.74, 6) is 1.40. The van der Waals surface area contributed by atoms with Crippen molar-refractivity contribution >= 4 is 29.3 Å². The smallest absolute Gasteiger partial charge is 0.276 e. The summed E-state index contributed by atoms with van der Waals surface area (Å²) < 4.78 is 16.5. The van der Waals surface area contributed by atoms with Crippen molar-refractivity contribution in [2.75, 3.05) is 27.4 Å². The highest BCUT2D eigenvalue weighted by Crippen LogP contribution is 2.24. The van der Waals surface area contributed by atoms with E-state index in [1.807, 2.05) is 30.3 Å². The Morgan fingerprint density at radius 1 is 1.13 bits per heavy atom. The number of thiocarbonyl (C=S) groups is 1. The van der Waals surface area contributed by atoms with Crippen molar-refractivity contribution in [1.29, 1.82) is 0 Å². The lowest BCUT2D eigenvalue weighted by molar-refractivity contribution is -0.122. The van der Waals surface area contributed by atoms with E-state index in [0.717, 1.165) is 35.5 Å². The van der Waals surface area contributed by atoms with Crippen molar-refractivity contribution in [2.24, 2.45) is 0 Å². The number of hydrogen-bond donors (Lipinski definition) is 1. The van der Waals surface area contributed by atoms with Gasteiger partial charge in [-0.05, 0) is 66.5 Å². The van der Waals surface area contributed by atoms with Crippen LogP contribution in [0.15, 0.2) is 48.2 Å². The van der Waals surface area contributed by atoms with Gasteiger partial charge >= 0.3 is 0 Å². The summed E-state index contributed by atoms with van der Waals surface area (Å²) in [5.41, 5.74) is 3.47. The number of benzene rings is 2. The molecule has 0 spiro atoms. The van der Waals surface area contributed by atoms with Gasteiger partial charge in [0.15, 0.2) is 5.11 Å². The summed E-state index contributed by atoms with van der Waals surface area (Å²) in [6.07, 6.45) is 3.51. The maximum atomic E-state index is 12.7. The van der Waals surface area contributed by atoms with Crippen molar-refractivity contribution in [3.63, 3.8) is 0 Å². The van der Waals surface area contributed by atoms with Gasteiger partial charge in [0.1, 0.15) is 23.8 Å². The highest BCUT2D eigenvalue weighted by Gasteiger charge is 2.30. The largest absolute Gasteiger partial charge is 0.496 e. The minimum absolute atomic E-state index is 0.134. The van der Waals surface area contributed by atoms with Crippen LogP contribution in [0.4, 0.5) is 0 Å². The molecule has 0 radical (unpaired) electrons. The van der Waals surface area contributed by atoms with Crippen molar-refractivity contribution < 1.29 is 19.0 Å². The Kier molecular flexibility index (Phi) is 8.03. The van der Waals surface area contributed by atoms with Crippen LogP contribution in [0.5, 0.6) is 11.5 Å². The maximum absolute atomic E-state index is 12.7. The zero-order valence-electron chi connectivity index (χ0n) is 18.1. The standard InChI is InChI=1S/C24H28N2O4S/c1-4-17-6-9-20(10-7-17)30-16-19-14-18(8-11-22(19)29-3)15-21-23(27)26(24(31)25-21)12-5-13-28-2/h6-11,14-15H,4-5,12-13,16H2,1-3H3,(H,25,31)/b21-15-. The van der Waals surface area contributed by atoms with E-state index in [4.69, 9.17) is 26.4 Å². The Hall–Kier alpha value is -2.90. The second-order valence-corrected chi connectivity index (χ2v) is 7.54. The van der Waals surface area contributed by atoms with E-state index in [9.17, 15) is 4.79 Å². The van der Waals surface area contributed by atoms with Crippen LogP contribution in [-0.4, -0.2) is 43.3 Å². The van der Waals surface area contributed by atoms with E-state index < -0.39 is 0 Å². The Bertz CT molecular complexity index is 957. The molecule has 0 aromatic heterocycles. The van der Waals surface area contributed by atoms with Gasteiger partial charge in [0.05, 0.1) is 7.11 Å². The SMILES string of the molecule is CCc1ccc(OCc2cc(/C=C3\NC(=S)N(CCCOC)C3=O)ccc2OC)cc1. The normalized spacial score (nSPS) is 14.8. The van der Waals surface area contributed by atoms with Crippen LogP contribution < -0.4 is 14.8 Å². The third-order valence-corrected chi connectivity index (χ3v) is 5.36. The molecule has 2 aromatic carbocycles. The second-order valence-electron chi connectivity index (χ2n) is 7.15. The topological polar surface area (TPSA) is 60.0 Å². The molecule has 6 nitrogen and oxygen atoms in total. The molecule has 1 saturated heterocycles. The molecule has 164 valence electrons.